The lowest BCUT2D eigenvalue weighted by Gasteiger charge is -2.15. The summed E-state index contributed by atoms with van der Waals surface area (Å²) in [6, 6.07) is 7.45. The van der Waals surface area contributed by atoms with Gasteiger partial charge in [-0.25, -0.2) is 4.79 Å². The summed E-state index contributed by atoms with van der Waals surface area (Å²) >= 11 is 7.58. The molecule has 0 atom stereocenters. The average molecular weight is 327 g/mol. The van der Waals surface area contributed by atoms with Gasteiger partial charge in [0.1, 0.15) is 5.54 Å². The van der Waals surface area contributed by atoms with Crippen LogP contribution in [0.4, 0.5) is 4.79 Å². The lowest BCUT2D eigenvalue weighted by molar-refractivity contribution is -0.130. The van der Waals surface area contributed by atoms with E-state index in [1.165, 1.54) is 9.80 Å². The molecular weight excluding hydrogens is 308 g/mol. The van der Waals surface area contributed by atoms with Crippen molar-refractivity contribution >= 4 is 35.3 Å². The summed E-state index contributed by atoms with van der Waals surface area (Å²) in [6.07, 6.45) is 1.76. The number of halogens is 1. The van der Waals surface area contributed by atoms with E-state index < -0.39 is 5.54 Å². The minimum absolute atomic E-state index is 0.141. The Morgan fingerprint density at radius 3 is 2.43 bits per heavy atom. The van der Waals surface area contributed by atoms with Crippen molar-refractivity contribution in [3.8, 4) is 0 Å². The number of carbonyl (C=O) groups excluding carboxylic acids is 2. The molecule has 1 aromatic rings. The highest BCUT2D eigenvalue weighted by Crippen LogP contribution is 2.22. The van der Waals surface area contributed by atoms with Gasteiger partial charge in [-0.2, -0.15) is 0 Å². The van der Waals surface area contributed by atoms with Gasteiger partial charge in [-0.05, 0) is 56.7 Å². The van der Waals surface area contributed by atoms with E-state index >= 15 is 0 Å². The van der Waals surface area contributed by atoms with E-state index in [9.17, 15) is 9.59 Å². The summed E-state index contributed by atoms with van der Waals surface area (Å²) in [4.78, 5) is 26.2. The predicted octanol–water partition coefficient (Wildman–Crippen LogP) is 3.54. The lowest BCUT2D eigenvalue weighted by Crippen LogP contribution is -2.40. The minimum Gasteiger partial charge on any atom is -0.324 e. The number of nitrogens with one attached hydrogen (secondary N) is 1. The van der Waals surface area contributed by atoms with Crippen molar-refractivity contribution < 1.29 is 9.59 Å². The molecule has 1 aromatic carbocycles. The zero-order valence-electron chi connectivity index (χ0n) is 12.2. The maximum atomic E-state index is 12.0. The monoisotopic (exact) mass is 326 g/mol. The van der Waals surface area contributed by atoms with Crippen LogP contribution in [-0.2, 0) is 4.79 Å². The van der Waals surface area contributed by atoms with Crippen molar-refractivity contribution in [1.82, 2.24) is 10.2 Å². The molecule has 0 radical (unpaired) electrons. The van der Waals surface area contributed by atoms with E-state index in [1.807, 2.05) is 24.3 Å². The van der Waals surface area contributed by atoms with E-state index in [2.05, 4.69) is 5.32 Å². The third-order valence-corrected chi connectivity index (χ3v) is 4.65. The first-order chi connectivity index (χ1) is 9.90. The fourth-order valence-corrected chi connectivity index (χ4v) is 3.15. The summed E-state index contributed by atoms with van der Waals surface area (Å²) in [5, 5.41) is 3.42. The van der Waals surface area contributed by atoms with Crippen LogP contribution in [0.3, 0.4) is 0 Å². The van der Waals surface area contributed by atoms with E-state index in [-0.39, 0.29) is 11.9 Å². The number of thioether (sulfide) groups is 1. The Morgan fingerprint density at radius 2 is 1.86 bits per heavy atom. The van der Waals surface area contributed by atoms with Crippen LogP contribution in [0.2, 0.25) is 5.02 Å². The smallest absolute Gasteiger partial charge is 0.324 e. The zero-order chi connectivity index (χ0) is 15.5. The molecule has 0 aliphatic carbocycles. The summed E-state index contributed by atoms with van der Waals surface area (Å²) in [5.41, 5.74) is -0.769. The van der Waals surface area contributed by atoms with Crippen LogP contribution < -0.4 is 5.32 Å². The largest absolute Gasteiger partial charge is 0.325 e. The first-order valence-corrected chi connectivity index (χ1v) is 8.29. The molecule has 1 aliphatic heterocycles. The molecule has 21 heavy (non-hydrogen) atoms. The van der Waals surface area contributed by atoms with Gasteiger partial charge in [0.05, 0.1) is 0 Å². The van der Waals surface area contributed by atoms with E-state index in [1.54, 1.807) is 25.6 Å². The first kappa shape index (κ1) is 16.2. The second-order valence-electron chi connectivity index (χ2n) is 5.52. The number of unbranched alkanes of at least 4 members (excludes halogenated alkanes) is 1. The molecule has 0 aromatic heterocycles. The van der Waals surface area contributed by atoms with E-state index in [0.29, 0.717) is 6.54 Å². The number of nitrogens with zero attached hydrogens (tertiary/aromatic N) is 1. The number of hydrogen-bond acceptors (Lipinski definition) is 3. The average Bonchev–Trinajstić information content (AvgIpc) is 2.62. The molecule has 1 heterocycles. The Hall–Kier alpha value is -1.20. The van der Waals surface area contributed by atoms with E-state index in [4.69, 9.17) is 11.6 Å². The minimum atomic E-state index is -0.769. The highest BCUT2D eigenvalue weighted by molar-refractivity contribution is 7.99. The molecule has 1 aliphatic rings. The summed E-state index contributed by atoms with van der Waals surface area (Å²) in [6.45, 7) is 3.93. The van der Waals surface area contributed by atoms with Crippen molar-refractivity contribution in [1.29, 1.82) is 0 Å². The number of amides is 3. The molecule has 3 amide bonds. The fraction of sp³-hybridized carbons (Fsp3) is 0.467. The van der Waals surface area contributed by atoms with Crippen LogP contribution in [0, 0.1) is 0 Å². The number of rotatable bonds is 6. The number of hydrogen-bond donors (Lipinski definition) is 1. The van der Waals surface area contributed by atoms with Gasteiger partial charge in [-0.15, -0.1) is 11.8 Å². The van der Waals surface area contributed by atoms with Gasteiger partial charge in [-0.1, -0.05) is 11.6 Å². The van der Waals surface area contributed by atoms with Gasteiger partial charge in [0.15, 0.2) is 0 Å². The molecule has 2 rings (SSSR count). The molecule has 0 spiro atoms. The van der Waals surface area contributed by atoms with Gasteiger partial charge in [0, 0.05) is 16.5 Å². The standard InChI is InChI=1S/C15H19ClN2O2S/c1-15(2)13(19)18(14(20)17-15)9-3-4-10-21-12-7-5-11(16)6-8-12/h5-8H,3-4,9-10H2,1-2H3,(H,17,20). The predicted molar refractivity (Wildman–Crippen MR) is 85.7 cm³/mol. The molecule has 6 heteroatoms. The Balaban J connectivity index is 1.69. The number of urea groups is 1. The van der Waals surface area contributed by atoms with Gasteiger partial charge in [0.2, 0.25) is 0 Å². The topological polar surface area (TPSA) is 49.4 Å². The normalized spacial score (nSPS) is 17.2. The molecule has 4 nitrogen and oxygen atoms in total. The fourth-order valence-electron chi connectivity index (χ4n) is 2.11. The van der Waals surface area contributed by atoms with Crippen molar-refractivity contribution in [3.05, 3.63) is 29.3 Å². The van der Waals surface area contributed by atoms with E-state index in [0.717, 1.165) is 23.6 Å². The number of imide groups is 1. The summed E-state index contributed by atoms with van der Waals surface area (Å²) in [7, 11) is 0. The molecule has 114 valence electrons. The van der Waals surface area contributed by atoms with Gasteiger partial charge < -0.3 is 5.32 Å². The van der Waals surface area contributed by atoms with Crippen molar-refractivity contribution in [2.45, 2.75) is 37.1 Å². The summed E-state index contributed by atoms with van der Waals surface area (Å²) in [5.74, 6) is 0.812. The molecule has 0 bridgehead atoms. The summed E-state index contributed by atoms with van der Waals surface area (Å²) < 4.78 is 0. The van der Waals surface area contributed by atoms with Gasteiger partial charge in [-0.3, -0.25) is 9.69 Å². The van der Waals surface area contributed by atoms with Crippen LogP contribution in [-0.4, -0.2) is 34.7 Å². The van der Waals surface area contributed by atoms with Crippen LogP contribution in [0.1, 0.15) is 26.7 Å². The second kappa shape index (κ2) is 6.71. The highest BCUT2D eigenvalue weighted by Gasteiger charge is 2.43. The quantitative estimate of drug-likeness (QED) is 0.494. The lowest BCUT2D eigenvalue weighted by atomic mass is 10.1. The second-order valence-corrected chi connectivity index (χ2v) is 7.13. The zero-order valence-corrected chi connectivity index (χ0v) is 13.8. The SMILES string of the molecule is CC1(C)NC(=O)N(CCCCSc2ccc(Cl)cc2)C1=O. The van der Waals surface area contributed by atoms with Crippen LogP contribution in [0.5, 0.6) is 0 Å². The Bertz CT molecular complexity index is 531. The van der Waals surface area contributed by atoms with Crippen molar-refractivity contribution in [3.63, 3.8) is 0 Å². The maximum absolute atomic E-state index is 12.0. The molecular formula is C15H19ClN2O2S. The van der Waals surface area contributed by atoms with Crippen molar-refractivity contribution in [2.24, 2.45) is 0 Å². The molecule has 1 saturated heterocycles. The molecule has 1 N–H and O–H groups in total. The third-order valence-electron chi connectivity index (χ3n) is 3.30. The maximum Gasteiger partial charge on any atom is 0.325 e. The van der Waals surface area contributed by atoms with Crippen LogP contribution in [0.25, 0.3) is 0 Å². The molecule has 1 fully saturated rings. The van der Waals surface area contributed by atoms with Gasteiger partial charge in [0.25, 0.3) is 5.91 Å². The van der Waals surface area contributed by atoms with Crippen LogP contribution in [0.15, 0.2) is 29.2 Å². The molecule has 0 unspecified atom stereocenters. The Morgan fingerprint density at radius 1 is 1.19 bits per heavy atom. The Labute approximate surface area is 134 Å². The molecule has 0 saturated carbocycles. The van der Waals surface area contributed by atoms with Crippen molar-refractivity contribution in [2.75, 3.05) is 12.3 Å². The number of benzene rings is 1. The third kappa shape index (κ3) is 4.14. The van der Waals surface area contributed by atoms with Crippen LogP contribution >= 0.6 is 23.4 Å². The van der Waals surface area contributed by atoms with Gasteiger partial charge >= 0.3 is 6.03 Å². The highest BCUT2D eigenvalue weighted by atomic mass is 35.5. The number of carbonyl (C=O) groups is 2. The Kier molecular flexibility index (Phi) is 5.17. The first-order valence-electron chi connectivity index (χ1n) is 6.92.